The quantitative estimate of drug-likeness (QED) is 0.370. The lowest BCUT2D eigenvalue weighted by Gasteiger charge is -2.14. The highest BCUT2D eigenvalue weighted by Crippen LogP contribution is 2.35. The highest BCUT2D eigenvalue weighted by Gasteiger charge is 2.32. The van der Waals surface area contributed by atoms with E-state index in [1.807, 2.05) is 60.8 Å². The number of aliphatic carboxylic acids is 1. The molecular formula is C22H15BrN3O3S2-. The van der Waals surface area contributed by atoms with E-state index in [-0.39, 0.29) is 18.9 Å². The average molecular weight is 513 g/mol. The van der Waals surface area contributed by atoms with Crippen molar-refractivity contribution < 1.29 is 14.7 Å². The van der Waals surface area contributed by atoms with Gasteiger partial charge >= 0.3 is 0 Å². The van der Waals surface area contributed by atoms with Gasteiger partial charge < -0.3 is 9.90 Å². The van der Waals surface area contributed by atoms with Crippen LogP contribution >= 0.6 is 39.9 Å². The number of para-hydroxylation sites is 1. The second kappa shape index (κ2) is 9.17. The summed E-state index contributed by atoms with van der Waals surface area (Å²) in [7, 11) is 0. The monoisotopic (exact) mass is 512 g/mol. The van der Waals surface area contributed by atoms with E-state index in [0.717, 1.165) is 38.7 Å². The van der Waals surface area contributed by atoms with Crippen molar-refractivity contribution in [3.63, 3.8) is 0 Å². The smallest absolute Gasteiger partial charge is 0.266 e. The van der Waals surface area contributed by atoms with Crippen LogP contribution in [0.3, 0.4) is 0 Å². The fraction of sp³-hybridized carbons (Fsp3) is 0.0909. The Kier molecular flexibility index (Phi) is 6.35. The molecule has 31 heavy (non-hydrogen) atoms. The van der Waals surface area contributed by atoms with E-state index < -0.39 is 5.97 Å². The average Bonchev–Trinajstić information content (AvgIpc) is 3.29. The summed E-state index contributed by atoms with van der Waals surface area (Å²) in [5.41, 5.74) is 3.27. The van der Waals surface area contributed by atoms with E-state index in [9.17, 15) is 14.7 Å². The molecule has 0 radical (unpaired) electrons. The Hall–Kier alpha value is -2.75. The number of aromatic nitrogens is 2. The molecule has 2 aromatic carbocycles. The first-order valence-electron chi connectivity index (χ1n) is 9.28. The molecule has 1 aromatic heterocycles. The van der Waals surface area contributed by atoms with Gasteiger partial charge in [-0.2, -0.15) is 5.10 Å². The van der Waals surface area contributed by atoms with Crippen LogP contribution in [0.2, 0.25) is 0 Å². The van der Waals surface area contributed by atoms with E-state index in [1.54, 1.807) is 10.8 Å². The largest absolute Gasteiger partial charge is 0.550 e. The van der Waals surface area contributed by atoms with Crippen molar-refractivity contribution in [1.82, 2.24) is 14.7 Å². The molecule has 3 aromatic rings. The number of carbonyl (C=O) groups is 2. The number of thiocarbonyl (C=S) groups is 1. The number of carboxylic acids is 1. The molecular weight excluding hydrogens is 498 g/mol. The molecule has 0 bridgehead atoms. The predicted octanol–water partition coefficient (Wildman–Crippen LogP) is 3.64. The highest BCUT2D eigenvalue weighted by atomic mass is 79.9. The van der Waals surface area contributed by atoms with Gasteiger partial charge in [0.25, 0.3) is 5.91 Å². The third kappa shape index (κ3) is 4.79. The summed E-state index contributed by atoms with van der Waals surface area (Å²) >= 11 is 9.87. The summed E-state index contributed by atoms with van der Waals surface area (Å²) in [6, 6.07) is 17.4. The number of rotatable bonds is 6. The molecule has 9 heteroatoms. The summed E-state index contributed by atoms with van der Waals surface area (Å²) < 4.78 is 3.05. The van der Waals surface area contributed by atoms with Crippen molar-refractivity contribution in [3.05, 3.63) is 75.7 Å². The molecule has 0 unspecified atom stereocenters. The van der Waals surface area contributed by atoms with Crippen molar-refractivity contribution in [3.8, 4) is 16.9 Å². The fourth-order valence-electron chi connectivity index (χ4n) is 3.08. The second-order valence-electron chi connectivity index (χ2n) is 6.68. The minimum Gasteiger partial charge on any atom is -0.550 e. The molecule has 1 saturated heterocycles. The summed E-state index contributed by atoms with van der Waals surface area (Å²) in [5, 5.41) is 15.5. The van der Waals surface area contributed by atoms with Crippen LogP contribution in [0.25, 0.3) is 23.0 Å². The third-order valence-corrected chi connectivity index (χ3v) is 6.49. The molecule has 156 valence electrons. The van der Waals surface area contributed by atoms with Gasteiger partial charge in [0.05, 0.1) is 16.3 Å². The van der Waals surface area contributed by atoms with E-state index >= 15 is 0 Å². The lowest BCUT2D eigenvalue weighted by molar-refractivity contribution is -0.305. The number of carboxylic acid groups (broad SMARTS) is 1. The Labute approximate surface area is 196 Å². The van der Waals surface area contributed by atoms with Crippen LogP contribution < -0.4 is 5.11 Å². The summed E-state index contributed by atoms with van der Waals surface area (Å²) in [4.78, 5) is 25.3. The van der Waals surface area contributed by atoms with Gasteiger partial charge in [-0.1, -0.05) is 70.2 Å². The first-order valence-corrected chi connectivity index (χ1v) is 11.3. The van der Waals surface area contributed by atoms with Crippen LogP contribution in [0.15, 0.2) is 70.2 Å². The molecule has 1 fully saturated rings. The van der Waals surface area contributed by atoms with E-state index in [1.165, 1.54) is 4.90 Å². The maximum absolute atomic E-state index is 12.8. The van der Waals surface area contributed by atoms with E-state index in [0.29, 0.717) is 9.23 Å². The molecule has 0 N–H and O–H groups in total. The Morgan fingerprint density at radius 1 is 1.16 bits per heavy atom. The predicted molar refractivity (Wildman–Crippen MR) is 126 cm³/mol. The summed E-state index contributed by atoms with van der Waals surface area (Å²) in [6.07, 6.45) is 3.35. The van der Waals surface area contributed by atoms with Gasteiger partial charge in [-0.05, 0) is 30.3 Å². The molecule has 0 spiro atoms. The van der Waals surface area contributed by atoms with Crippen LogP contribution in [-0.2, 0) is 9.59 Å². The summed E-state index contributed by atoms with van der Waals surface area (Å²) in [5.74, 6) is -1.54. The van der Waals surface area contributed by atoms with Crippen molar-refractivity contribution in [2.45, 2.75) is 6.42 Å². The first kappa shape index (κ1) is 21.5. The van der Waals surface area contributed by atoms with Gasteiger partial charge in [0.15, 0.2) is 0 Å². The standard InChI is InChI=1S/C22H16BrN3O3S2/c23-16-8-6-14(7-9-16)20-15(13-26(24-20)17-4-2-1-3-5-17)12-18-21(29)25(22(30)31-18)11-10-19(27)28/h1-9,12-13H,10-11H2,(H,27,28)/p-1/b18-12+. The van der Waals surface area contributed by atoms with E-state index in [4.69, 9.17) is 17.3 Å². The number of carbonyl (C=O) groups excluding carboxylic acids is 2. The molecule has 1 aliphatic heterocycles. The Morgan fingerprint density at radius 2 is 1.87 bits per heavy atom. The lowest BCUT2D eigenvalue weighted by atomic mass is 10.1. The van der Waals surface area contributed by atoms with Crippen LogP contribution in [-0.4, -0.2) is 37.4 Å². The van der Waals surface area contributed by atoms with E-state index in [2.05, 4.69) is 15.9 Å². The number of hydrogen-bond donors (Lipinski definition) is 0. The lowest BCUT2D eigenvalue weighted by Crippen LogP contribution is -2.33. The Balaban J connectivity index is 1.74. The molecule has 1 amide bonds. The molecule has 6 nitrogen and oxygen atoms in total. The zero-order chi connectivity index (χ0) is 22.0. The van der Waals surface area contributed by atoms with Crippen molar-refractivity contribution >= 4 is 62.2 Å². The maximum Gasteiger partial charge on any atom is 0.266 e. The number of hydrogen-bond acceptors (Lipinski definition) is 6. The van der Waals surface area contributed by atoms with Crippen LogP contribution in [0, 0.1) is 0 Å². The molecule has 4 rings (SSSR count). The topological polar surface area (TPSA) is 78.3 Å². The minimum atomic E-state index is -1.22. The van der Waals surface area contributed by atoms with Crippen molar-refractivity contribution in [2.24, 2.45) is 0 Å². The van der Waals surface area contributed by atoms with Gasteiger partial charge in [0, 0.05) is 40.7 Å². The Morgan fingerprint density at radius 3 is 2.55 bits per heavy atom. The zero-order valence-electron chi connectivity index (χ0n) is 16.0. The second-order valence-corrected chi connectivity index (χ2v) is 9.27. The van der Waals surface area contributed by atoms with Gasteiger partial charge in [-0.3, -0.25) is 9.69 Å². The fourth-order valence-corrected chi connectivity index (χ4v) is 4.64. The SMILES string of the molecule is O=C([O-])CCN1C(=O)/C(=C\c2cn(-c3ccccc3)nc2-c2ccc(Br)cc2)SC1=S. The molecule has 2 heterocycles. The number of thioether (sulfide) groups is 1. The first-order chi connectivity index (χ1) is 14.9. The molecule has 1 aliphatic rings. The van der Waals surface area contributed by atoms with Crippen molar-refractivity contribution in [1.29, 1.82) is 0 Å². The number of benzene rings is 2. The Bertz CT molecular complexity index is 1190. The maximum atomic E-state index is 12.8. The van der Waals surface area contributed by atoms with Crippen LogP contribution in [0.1, 0.15) is 12.0 Å². The number of halogens is 1. The van der Waals surface area contributed by atoms with Crippen molar-refractivity contribution in [2.75, 3.05) is 6.54 Å². The molecule has 0 aliphatic carbocycles. The van der Waals surface area contributed by atoms with Crippen LogP contribution in [0.5, 0.6) is 0 Å². The number of amides is 1. The molecule has 0 saturated carbocycles. The van der Waals surface area contributed by atoms with Crippen LogP contribution in [0.4, 0.5) is 0 Å². The van der Waals surface area contributed by atoms with Gasteiger partial charge in [0.2, 0.25) is 0 Å². The number of nitrogens with zero attached hydrogens (tertiary/aromatic N) is 3. The normalized spacial score (nSPS) is 15.1. The summed E-state index contributed by atoms with van der Waals surface area (Å²) in [6.45, 7) is -0.00676. The van der Waals surface area contributed by atoms with Gasteiger partial charge in [-0.25, -0.2) is 4.68 Å². The minimum absolute atomic E-state index is 0.00676. The third-order valence-electron chi connectivity index (χ3n) is 4.58. The zero-order valence-corrected chi connectivity index (χ0v) is 19.2. The van der Waals surface area contributed by atoms with Gasteiger partial charge in [-0.15, -0.1) is 0 Å². The van der Waals surface area contributed by atoms with Gasteiger partial charge in [0.1, 0.15) is 4.32 Å². The molecule has 0 atom stereocenters. The highest BCUT2D eigenvalue weighted by molar-refractivity contribution is 9.10.